The van der Waals surface area contributed by atoms with Crippen LogP contribution in [0.25, 0.3) is 0 Å². The van der Waals surface area contributed by atoms with Crippen LogP contribution in [-0.2, 0) is 6.42 Å². The van der Waals surface area contributed by atoms with Crippen LogP contribution in [0.3, 0.4) is 0 Å². The van der Waals surface area contributed by atoms with Crippen LogP contribution in [0.15, 0.2) is 36.5 Å². The summed E-state index contributed by atoms with van der Waals surface area (Å²) in [4.78, 5) is 8.70. The molecule has 0 aliphatic heterocycles. The van der Waals surface area contributed by atoms with Gasteiger partial charge >= 0.3 is 0 Å². The molecular weight excluding hydrogens is 276 g/mol. The van der Waals surface area contributed by atoms with Gasteiger partial charge in [0.2, 0.25) is 5.95 Å². The quantitative estimate of drug-likeness (QED) is 0.784. The molecule has 0 bridgehead atoms. The molecule has 118 valence electrons. The van der Waals surface area contributed by atoms with Gasteiger partial charge in [0.15, 0.2) is 0 Å². The van der Waals surface area contributed by atoms with E-state index in [1.54, 1.807) is 13.3 Å². The second-order valence-corrected chi connectivity index (χ2v) is 5.57. The van der Waals surface area contributed by atoms with Crippen LogP contribution in [0.2, 0.25) is 0 Å². The van der Waals surface area contributed by atoms with Crippen LogP contribution in [0.4, 0.5) is 11.8 Å². The second-order valence-electron chi connectivity index (χ2n) is 5.57. The molecular formula is C17H24N4O. The predicted molar refractivity (Wildman–Crippen MR) is 90.5 cm³/mol. The summed E-state index contributed by atoms with van der Waals surface area (Å²) in [6, 6.07) is 9.97. The molecule has 0 amide bonds. The fourth-order valence-electron chi connectivity index (χ4n) is 2.00. The normalized spacial score (nSPS) is 10.5. The highest BCUT2D eigenvalue weighted by Gasteiger charge is 2.01. The number of ether oxygens (including phenoxy) is 1. The Morgan fingerprint density at radius 2 is 2.05 bits per heavy atom. The Labute approximate surface area is 132 Å². The Bertz CT molecular complexity index is 586. The van der Waals surface area contributed by atoms with Crippen molar-refractivity contribution in [2.45, 2.75) is 20.3 Å². The molecule has 2 N–H and O–H groups in total. The summed E-state index contributed by atoms with van der Waals surface area (Å²) in [7, 11) is 1.68. The molecule has 0 saturated heterocycles. The molecule has 22 heavy (non-hydrogen) atoms. The van der Waals surface area contributed by atoms with Crippen LogP contribution >= 0.6 is 0 Å². The Hall–Kier alpha value is -2.30. The third kappa shape index (κ3) is 5.24. The van der Waals surface area contributed by atoms with E-state index in [4.69, 9.17) is 4.74 Å². The van der Waals surface area contributed by atoms with E-state index in [0.29, 0.717) is 11.9 Å². The van der Waals surface area contributed by atoms with Gasteiger partial charge in [-0.25, -0.2) is 4.98 Å². The minimum absolute atomic E-state index is 0.583. The number of nitrogens with one attached hydrogen (secondary N) is 2. The Kier molecular flexibility index (Phi) is 6.01. The Morgan fingerprint density at radius 3 is 2.82 bits per heavy atom. The van der Waals surface area contributed by atoms with Crippen LogP contribution in [0, 0.1) is 5.92 Å². The second kappa shape index (κ2) is 8.22. The number of anilines is 2. The number of aromatic nitrogens is 2. The SMILES string of the molecule is COc1cccc(CCNc2nccc(NCC(C)C)n2)c1. The molecule has 1 aromatic heterocycles. The first-order valence-corrected chi connectivity index (χ1v) is 7.61. The minimum Gasteiger partial charge on any atom is -0.497 e. The highest BCUT2D eigenvalue weighted by molar-refractivity contribution is 5.39. The van der Waals surface area contributed by atoms with Crippen molar-refractivity contribution in [2.24, 2.45) is 5.92 Å². The molecule has 0 spiro atoms. The van der Waals surface area contributed by atoms with E-state index < -0.39 is 0 Å². The fourth-order valence-corrected chi connectivity index (χ4v) is 2.00. The number of methoxy groups -OCH3 is 1. The van der Waals surface area contributed by atoms with E-state index in [0.717, 1.165) is 31.1 Å². The summed E-state index contributed by atoms with van der Waals surface area (Å²) in [5, 5.41) is 6.56. The molecule has 0 unspecified atom stereocenters. The van der Waals surface area contributed by atoms with Gasteiger partial charge in [0.25, 0.3) is 0 Å². The van der Waals surface area contributed by atoms with Gasteiger partial charge in [-0.15, -0.1) is 0 Å². The molecule has 2 aromatic rings. The van der Waals surface area contributed by atoms with Gasteiger partial charge in [0.1, 0.15) is 11.6 Å². The molecule has 0 radical (unpaired) electrons. The molecule has 1 aromatic carbocycles. The Balaban J connectivity index is 1.84. The third-order valence-corrected chi connectivity index (χ3v) is 3.18. The lowest BCUT2D eigenvalue weighted by atomic mass is 10.1. The van der Waals surface area contributed by atoms with Crippen molar-refractivity contribution in [1.29, 1.82) is 0 Å². The molecule has 5 heteroatoms. The number of hydrogen-bond acceptors (Lipinski definition) is 5. The van der Waals surface area contributed by atoms with Crippen LogP contribution in [0.5, 0.6) is 5.75 Å². The highest BCUT2D eigenvalue weighted by Crippen LogP contribution is 2.13. The standard InChI is InChI=1S/C17H24N4O/c1-13(2)12-20-16-8-10-19-17(21-16)18-9-7-14-5-4-6-15(11-14)22-3/h4-6,8,10-11,13H,7,9,12H2,1-3H3,(H2,18,19,20,21). The fraction of sp³-hybridized carbons (Fsp3) is 0.412. The average Bonchev–Trinajstić information content (AvgIpc) is 2.53. The van der Waals surface area contributed by atoms with E-state index in [1.807, 2.05) is 24.3 Å². The molecule has 0 fully saturated rings. The van der Waals surface area contributed by atoms with Gasteiger partial charge in [-0.3, -0.25) is 0 Å². The van der Waals surface area contributed by atoms with Crippen LogP contribution < -0.4 is 15.4 Å². The van der Waals surface area contributed by atoms with Crippen molar-refractivity contribution < 1.29 is 4.74 Å². The molecule has 0 saturated carbocycles. The maximum Gasteiger partial charge on any atom is 0.224 e. The smallest absolute Gasteiger partial charge is 0.224 e. The van der Waals surface area contributed by atoms with Gasteiger partial charge in [0.05, 0.1) is 7.11 Å². The summed E-state index contributed by atoms with van der Waals surface area (Å²) in [5.74, 6) is 2.97. The van der Waals surface area contributed by atoms with E-state index in [9.17, 15) is 0 Å². The van der Waals surface area contributed by atoms with Crippen molar-refractivity contribution >= 4 is 11.8 Å². The topological polar surface area (TPSA) is 59.1 Å². The van der Waals surface area contributed by atoms with Crippen molar-refractivity contribution in [3.05, 3.63) is 42.1 Å². The lowest BCUT2D eigenvalue weighted by molar-refractivity contribution is 0.414. The molecule has 0 aliphatic rings. The lowest BCUT2D eigenvalue weighted by Gasteiger charge is -2.10. The third-order valence-electron chi connectivity index (χ3n) is 3.18. The molecule has 1 heterocycles. The summed E-state index contributed by atoms with van der Waals surface area (Å²) >= 11 is 0. The zero-order valence-electron chi connectivity index (χ0n) is 13.5. The van der Waals surface area contributed by atoms with Gasteiger partial charge in [-0.1, -0.05) is 26.0 Å². The first-order valence-electron chi connectivity index (χ1n) is 7.61. The summed E-state index contributed by atoms with van der Waals surface area (Å²) in [5.41, 5.74) is 1.22. The molecule has 5 nitrogen and oxygen atoms in total. The lowest BCUT2D eigenvalue weighted by Crippen LogP contribution is -2.12. The van der Waals surface area contributed by atoms with Crippen molar-refractivity contribution in [3.8, 4) is 5.75 Å². The van der Waals surface area contributed by atoms with Crippen molar-refractivity contribution in [1.82, 2.24) is 9.97 Å². The molecule has 0 atom stereocenters. The number of hydrogen-bond donors (Lipinski definition) is 2. The zero-order valence-corrected chi connectivity index (χ0v) is 13.5. The van der Waals surface area contributed by atoms with Gasteiger partial charge in [0, 0.05) is 19.3 Å². The first-order chi connectivity index (χ1) is 10.7. The largest absolute Gasteiger partial charge is 0.497 e. The Morgan fingerprint density at radius 1 is 1.18 bits per heavy atom. The highest BCUT2D eigenvalue weighted by atomic mass is 16.5. The maximum atomic E-state index is 5.23. The van der Waals surface area contributed by atoms with Crippen LogP contribution in [0.1, 0.15) is 19.4 Å². The summed E-state index contributed by atoms with van der Waals surface area (Å²) in [6.45, 7) is 6.02. The van der Waals surface area contributed by atoms with E-state index >= 15 is 0 Å². The minimum atomic E-state index is 0.583. The van der Waals surface area contributed by atoms with Crippen molar-refractivity contribution in [3.63, 3.8) is 0 Å². The number of nitrogens with zero attached hydrogens (tertiary/aromatic N) is 2. The number of benzene rings is 1. The van der Waals surface area contributed by atoms with E-state index in [2.05, 4.69) is 40.5 Å². The van der Waals surface area contributed by atoms with Crippen LogP contribution in [-0.4, -0.2) is 30.2 Å². The maximum absolute atomic E-state index is 5.23. The monoisotopic (exact) mass is 300 g/mol. The van der Waals surface area contributed by atoms with E-state index in [-0.39, 0.29) is 0 Å². The van der Waals surface area contributed by atoms with Crippen molar-refractivity contribution in [2.75, 3.05) is 30.8 Å². The first kappa shape index (κ1) is 16.1. The van der Waals surface area contributed by atoms with Gasteiger partial charge < -0.3 is 15.4 Å². The van der Waals surface area contributed by atoms with Gasteiger partial charge in [-0.2, -0.15) is 4.98 Å². The zero-order chi connectivity index (χ0) is 15.8. The summed E-state index contributed by atoms with van der Waals surface area (Å²) in [6.07, 6.45) is 2.66. The molecule has 2 rings (SSSR count). The average molecular weight is 300 g/mol. The summed E-state index contributed by atoms with van der Waals surface area (Å²) < 4.78 is 5.23. The van der Waals surface area contributed by atoms with Gasteiger partial charge in [-0.05, 0) is 36.1 Å². The van der Waals surface area contributed by atoms with E-state index in [1.165, 1.54) is 5.56 Å². The predicted octanol–water partition coefficient (Wildman–Crippen LogP) is 3.21. The number of rotatable bonds is 8. The molecule has 0 aliphatic carbocycles.